The summed E-state index contributed by atoms with van der Waals surface area (Å²) in [7, 11) is 0. The molecule has 114 valence electrons. The second-order valence-electron chi connectivity index (χ2n) is 4.88. The van der Waals surface area contributed by atoms with E-state index in [1.165, 1.54) is 0 Å². The van der Waals surface area contributed by atoms with Crippen LogP contribution in [0.3, 0.4) is 0 Å². The number of nitrogens with zero attached hydrogens (tertiary/aromatic N) is 2. The molecule has 2 rings (SSSR count). The van der Waals surface area contributed by atoms with Crippen molar-refractivity contribution in [1.82, 2.24) is 9.88 Å². The first-order valence-electron chi connectivity index (χ1n) is 7.70. The third-order valence-electron chi connectivity index (χ3n) is 3.41. The Morgan fingerprint density at radius 2 is 1.68 bits per heavy atom. The normalized spacial score (nSPS) is 10.3. The summed E-state index contributed by atoms with van der Waals surface area (Å²) >= 11 is 1.80. The SMILES string of the molecule is CCN(CC)CCSc1ccc(C#Cc2ccccc2)cn1. The fourth-order valence-electron chi connectivity index (χ4n) is 2.02. The number of hydrogen-bond donors (Lipinski definition) is 0. The smallest absolute Gasteiger partial charge is 0.0961 e. The molecule has 0 saturated carbocycles. The average molecular weight is 310 g/mol. The standard InChI is InChI=1S/C19H22N2S/c1-3-21(4-2)14-15-22-19-13-12-18(16-20-19)11-10-17-8-6-5-7-9-17/h5-9,12-13,16H,3-4,14-15H2,1-2H3. The molecular weight excluding hydrogens is 288 g/mol. The van der Waals surface area contributed by atoms with Gasteiger partial charge in [-0.3, -0.25) is 0 Å². The van der Waals surface area contributed by atoms with E-state index in [4.69, 9.17) is 0 Å². The first kappa shape index (κ1) is 16.6. The Kier molecular flexibility index (Phi) is 7.02. The average Bonchev–Trinajstić information content (AvgIpc) is 2.59. The van der Waals surface area contributed by atoms with Crippen LogP contribution in [0.2, 0.25) is 0 Å². The van der Waals surface area contributed by atoms with Gasteiger partial charge >= 0.3 is 0 Å². The van der Waals surface area contributed by atoms with Crippen LogP contribution in [0.15, 0.2) is 53.7 Å². The predicted octanol–water partition coefficient (Wildman–Crippen LogP) is 3.92. The number of aromatic nitrogens is 1. The fraction of sp³-hybridized carbons (Fsp3) is 0.316. The summed E-state index contributed by atoms with van der Waals surface area (Å²) in [5.41, 5.74) is 1.98. The van der Waals surface area contributed by atoms with Gasteiger partial charge in [0.25, 0.3) is 0 Å². The van der Waals surface area contributed by atoms with Crippen LogP contribution in [0, 0.1) is 11.8 Å². The summed E-state index contributed by atoms with van der Waals surface area (Å²) in [5, 5.41) is 1.07. The van der Waals surface area contributed by atoms with Gasteiger partial charge in [-0.2, -0.15) is 0 Å². The van der Waals surface area contributed by atoms with Crippen molar-refractivity contribution in [1.29, 1.82) is 0 Å². The van der Waals surface area contributed by atoms with Crippen molar-refractivity contribution < 1.29 is 0 Å². The first-order valence-corrected chi connectivity index (χ1v) is 8.68. The van der Waals surface area contributed by atoms with E-state index < -0.39 is 0 Å². The molecule has 1 aromatic heterocycles. The lowest BCUT2D eigenvalue weighted by atomic mass is 10.2. The van der Waals surface area contributed by atoms with Crippen molar-refractivity contribution >= 4 is 11.8 Å². The Hall–Kier alpha value is -1.76. The Morgan fingerprint density at radius 1 is 0.955 bits per heavy atom. The maximum Gasteiger partial charge on any atom is 0.0961 e. The lowest BCUT2D eigenvalue weighted by Gasteiger charge is -2.16. The molecule has 0 aliphatic rings. The third-order valence-corrected chi connectivity index (χ3v) is 4.34. The minimum atomic E-state index is 0.956. The Morgan fingerprint density at radius 3 is 2.32 bits per heavy atom. The summed E-state index contributed by atoms with van der Waals surface area (Å²) in [6, 6.07) is 14.1. The molecule has 0 saturated heterocycles. The van der Waals surface area contributed by atoms with Gasteiger partial charge in [0.1, 0.15) is 0 Å². The van der Waals surface area contributed by atoms with E-state index in [0.717, 1.165) is 41.5 Å². The maximum absolute atomic E-state index is 4.48. The van der Waals surface area contributed by atoms with Gasteiger partial charge in [0.05, 0.1) is 5.03 Å². The van der Waals surface area contributed by atoms with Crippen LogP contribution in [-0.2, 0) is 0 Å². The molecule has 0 spiro atoms. The molecule has 0 N–H and O–H groups in total. The van der Waals surface area contributed by atoms with E-state index in [2.05, 4.69) is 41.6 Å². The molecule has 0 fully saturated rings. The highest BCUT2D eigenvalue weighted by molar-refractivity contribution is 7.99. The predicted molar refractivity (Wildman–Crippen MR) is 95.2 cm³/mol. The highest BCUT2D eigenvalue weighted by Gasteiger charge is 2.00. The number of rotatable bonds is 6. The van der Waals surface area contributed by atoms with Crippen molar-refractivity contribution in [3.8, 4) is 11.8 Å². The zero-order valence-electron chi connectivity index (χ0n) is 13.2. The number of pyridine rings is 1. The van der Waals surface area contributed by atoms with E-state index in [1.54, 1.807) is 11.8 Å². The maximum atomic E-state index is 4.48. The minimum absolute atomic E-state index is 0.956. The number of thioether (sulfide) groups is 1. The summed E-state index contributed by atoms with van der Waals surface area (Å²) in [4.78, 5) is 6.90. The zero-order chi connectivity index (χ0) is 15.6. The van der Waals surface area contributed by atoms with E-state index in [-0.39, 0.29) is 0 Å². The third kappa shape index (κ3) is 5.55. The molecule has 0 aliphatic heterocycles. The number of benzene rings is 1. The summed E-state index contributed by atoms with van der Waals surface area (Å²) in [6.07, 6.45) is 1.86. The van der Waals surface area contributed by atoms with E-state index in [9.17, 15) is 0 Å². The highest BCUT2D eigenvalue weighted by atomic mass is 32.2. The van der Waals surface area contributed by atoms with Gasteiger partial charge in [0.15, 0.2) is 0 Å². The van der Waals surface area contributed by atoms with Crippen molar-refractivity contribution in [2.24, 2.45) is 0 Å². The molecule has 3 heteroatoms. The van der Waals surface area contributed by atoms with E-state index >= 15 is 0 Å². The molecule has 2 nitrogen and oxygen atoms in total. The second-order valence-corrected chi connectivity index (χ2v) is 5.99. The van der Waals surface area contributed by atoms with E-state index in [0.29, 0.717) is 0 Å². The molecule has 0 aliphatic carbocycles. The van der Waals surface area contributed by atoms with Crippen LogP contribution >= 0.6 is 11.8 Å². The van der Waals surface area contributed by atoms with Crippen molar-refractivity contribution in [3.63, 3.8) is 0 Å². The fourth-order valence-corrected chi connectivity index (χ4v) is 2.87. The quantitative estimate of drug-likeness (QED) is 0.594. The monoisotopic (exact) mass is 310 g/mol. The largest absolute Gasteiger partial charge is 0.303 e. The molecule has 0 amide bonds. The molecule has 0 atom stereocenters. The molecule has 0 bridgehead atoms. The lowest BCUT2D eigenvalue weighted by Crippen LogP contribution is -2.25. The van der Waals surface area contributed by atoms with Crippen molar-refractivity contribution in [3.05, 3.63) is 59.8 Å². The van der Waals surface area contributed by atoms with Crippen LogP contribution in [0.1, 0.15) is 25.0 Å². The Balaban J connectivity index is 1.87. The second kappa shape index (κ2) is 9.30. The highest BCUT2D eigenvalue weighted by Crippen LogP contribution is 2.15. The van der Waals surface area contributed by atoms with Crippen molar-refractivity contribution in [2.45, 2.75) is 18.9 Å². The topological polar surface area (TPSA) is 16.1 Å². The minimum Gasteiger partial charge on any atom is -0.303 e. The van der Waals surface area contributed by atoms with Crippen LogP contribution in [-0.4, -0.2) is 35.3 Å². The van der Waals surface area contributed by atoms with Crippen molar-refractivity contribution in [2.75, 3.05) is 25.4 Å². The molecule has 0 unspecified atom stereocenters. The van der Waals surface area contributed by atoms with E-state index in [1.807, 2.05) is 42.6 Å². The van der Waals surface area contributed by atoms with Gasteiger partial charge < -0.3 is 4.90 Å². The van der Waals surface area contributed by atoms with Crippen LogP contribution < -0.4 is 0 Å². The van der Waals surface area contributed by atoms with Gasteiger partial charge in [-0.15, -0.1) is 11.8 Å². The van der Waals surface area contributed by atoms with Crippen LogP contribution in [0.4, 0.5) is 0 Å². The molecular formula is C19H22N2S. The summed E-state index contributed by atoms with van der Waals surface area (Å²) < 4.78 is 0. The zero-order valence-corrected chi connectivity index (χ0v) is 14.1. The van der Waals surface area contributed by atoms with Gasteiger partial charge in [0, 0.05) is 29.6 Å². The molecule has 2 aromatic rings. The van der Waals surface area contributed by atoms with Gasteiger partial charge in [0.2, 0.25) is 0 Å². The summed E-state index contributed by atoms with van der Waals surface area (Å²) in [5.74, 6) is 7.37. The summed E-state index contributed by atoms with van der Waals surface area (Å²) in [6.45, 7) is 7.73. The molecule has 0 radical (unpaired) electrons. The van der Waals surface area contributed by atoms with Gasteiger partial charge in [-0.1, -0.05) is 43.9 Å². The number of hydrogen-bond acceptors (Lipinski definition) is 3. The van der Waals surface area contributed by atoms with Crippen LogP contribution in [0.25, 0.3) is 0 Å². The first-order chi connectivity index (χ1) is 10.8. The van der Waals surface area contributed by atoms with Gasteiger partial charge in [-0.05, 0) is 37.4 Å². The Bertz CT molecular complexity index is 607. The molecule has 1 heterocycles. The van der Waals surface area contributed by atoms with Gasteiger partial charge in [-0.25, -0.2) is 4.98 Å². The van der Waals surface area contributed by atoms with Crippen LogP contribution in [0.5, 0.6) is 0 Å². The molecule has 1 aromatic carbocycles. The lowest BCUT2D eigenvalue weighted by molar-refractivity contribution is 0.324. The Labute approximate surface area is 138 Å². The molecule has 22 heavy (non-hydrogen) atoms.